The first-order valence-corrected chi connectivity index (χ1v) is 16.4. The number of ether oxygens (including phenoxy) is 4. The van der Waals surface area contributed by atoms with Crippen LogP contribution in [0.4, 0.5) is 0 Å². The number of carbonyl (C=O) groups is 1. The molecule has 6 rings (SSSR count). The van der Waals surface area contributed by atoms with E-state index in [2.05, 4.69) is 10.2 Å². The number of nitrogens with one attached hydrogen (secondary N) is 1. The van der Waals surface area contributed by atoms with Gasteiger partial charge in [-0.25, -0.2) is 0 Å². The molecule has 2 N–H and O–H groups in total. The molecule has 0 aromatic heterocycles. The lowest BCUT2D eigenvalue weighted by molar-refractivity contribution is -0.255. The van der Waals surface area contributed by atoms with Crippen LogP contribution in [0, 0.1) is 0 Å². The first-order valence-electron chi connectivity index (χ1n) is 15.2. The summed E-state index contributed by atoms with van der Waals surface area (Å²) in [5, 5.41) is 12.2. The number of aliphatic hydroxyl groups excluding tert-OH is 1. The minimum Gasteiger partial charge on any atom is -0.392 e. The molecule has 0 bridgehead atoms. The van der Waals surface area contributed by atoms with Gasteiger partial charge in [-0.3, -0.25) is 4.79 Å². The molecule has 3 aliphatic rings. The van der Waals surface area contributed by atoms with Crippen LogP contribution in [0.25, 0.3) is 11.1 Å². The number of carbonyl (C=O) groups excluding carboxylic acids is 1. The van der Waals surface area contributed by atoms with E-state index in [1.54, 1.807) is 0 Å². The van der Waals surface area contributed by atoms with Gasteiger partial charge in [-0.15, -0.1) is 0 Å². The summed E-state index contributed by atoms with van der Waals surface area (Å²) in [6, 6.07) is 23.9. The SMILES string of the molecule is O=C(NCc1cccc(-c2ccc([C@@H]3O[C@H](CN4CCC5(CC4)OCCO5)C[C@H](c4ccc(CO)cc4)O3)cc2)c1)C(Cl)(Cl)Cl. The molecular weight excluding hydrogens is 639 g/mol. The lowest BCUT2D eigenvalue weighted by atomic mass is 9.98. The maximum absolute atomic E-state index is 12.0. The summed E-state index contributed by atoms with van der Waals surface area (Å²) in [7, 11) is 0. The zero-order valence-electron chi connectivity index (χ0n) is 24.8. The third-order valence-electron chi connectivity index (χ3n) is 8.66. The minimum absolute atomic E-state index is 0.00287. The molecule has 3 saturated heterocycles. The van der Waals surface area contributed by atoms with Gasteiger partial charge >= 0.3 is 0 Å². The Morgan fingerprint density at radius 3 is 2.24 bits per heavy atom. The Kier molecular flexibility index (Phi) is 10.4. The first kappa shape index (κ1) is 32.7. The molecule has 3 aromatic carbocycles. The molecule has 1 amide bonds. The maximum atomic E-state index is 12.0. The van der Waals surface area contributed by atoms with Gasteiger partial charge in [0.1, 0.15) is 0 Å². The highest BCUT2D eigenvalue weighted by atomic mass is 35.6. The number of amides is 1. The van der Waals surface area contributed by atoms with Crippen LogP contribution in [-0.4, -0.2) is 64.4 Å². The summed E-state index contributed by atoms with van der Waals surface area (Å²) in [6.07, 6.45) is 1.70. The fraction of sp³-hybridized carbons (Fsp3) is 0.441. The third kappa shape index (κ3) is 8.19. The lowest BCUT2D eigenvalue weighted by Gasteiger charge is -2.41. The number of benzene rings is 3. The molecule has 3 aromatic rings. The van der Waals surface area contributed by atoms with E-state index < -0.39 is 21.8 Å². The van der Waals surface area contributed by atoms with Gasteiger partial charge in [0.05, 0.1) is 32.0 Å². The van der Waals surface area contributed by atoms with Gasteiger partial charge in [0, 0.05) is 51.0 Å². The smallest absolute Gasteiger partial charge is 0.272 e. The average Bonchev–Trinajstić information content (AvgIpc) is 3.52. The second-order valence-electron chi connectivity index (χ2n) is 11.8. The van der Waals surface area contributed by atoms with E-state index in [-0.39, 0.29) is 25.4 Å². The van der Waals surface area contributed by atoms with Crippen molar-refractivity contribution in [2.75, 3.05) is 32.8 Å². The molecule has 0 aliphatic carbocycles. The zero-order chi connectivity index (χ0) is 31.4. The van der Waals surface area contributed by atoms with Crippen LogP contribution < -0.4 is 5.32 Å². The molecule has 11 heteroatoms. The van der Waals surface area contributed by atoms with Crippen molar-refractivity contribution in [3.8, 4) is 11.1 Å². The van der Waals surface area contributed by atoms with Crippen molar-refractivity contribution in [2.24, 2.45) is 0 Å². The number of piperidine rings is 1. The topological polar surface area (TPSA) is 89.5 Å². The summed E-state index contributed by atoms with van der Waals surface area (Å²) in [5.41, 5.74) is 5.74. The number of aliphatic hydroxyl groups is 1. The van der Waals surface area contributed by atoms with Crippen LogP contribution in [0.5, 0.6) is 0 Å². The van der Waals surface area contributed by atoms with Gasteiger partial charge in [-0.1, -0.05) is 102 Å². The predicted molar refractivity (Wildman–Crippen MR) is 173 cm³/mol. The Balaban J connectivity index is 1.15. The standard InChI is InChI=1S/C34H37Cl3N2O6/c35-34(36,37)32(41)38-20-24-2-1-3-28(18-24)25-8-10-27(11-9-25)31-44-29(19-30(45-31)26-6-4-23(22-40)5-7-26)21-39-14-12-33(13-15-39)42-16-17-43-33/h1-11,18,29-31,40H,12-17,19-22H2,(H,38,41)/t29-,30+,31+/m0/s1. The van der Waals surface area contributed by atoms with Crippen LogP contribution in [0.2, 0.25) is 0 Å². The summed E-state index contributed by atoms with van der Waals surface area (Å²) < 4.78 is 23.0. The van der Waals surface area contributed by atoms with Gasteiger partial charge in [0.25, 0.3) is 9.70 Å². The van der Waals surface area contributed by atoms with Crippen molar-refractivity contribution in [3.05, 3.63) is 95.1 Å². The Bertz CT molecular complexity index is 1430. The summed E-state index contributed by atoms with van der Waals surface area (Å²) in [4.78, 5) is 14.4. The van der Waals surface area contributed by atoms with Crippen molar-refractivity contribution in [2.45, 2.75) is 60.5 Å². The number of halogens is 3. The van der Waals surface area contributed by atoms with Crippen LogP contribution in [0.3, 0.4) is 0 Å². The molecule has 3 heterocycles. The minimum atomic E-state index is -2.01. The Morgan fingerprint density at radius 2 is 1.58 bits per heavy atom. The van der Waals surface area contributed by atoms with Crippen LogP contribution in [0.15, 0.2) is 72.8 Å². The molecule has 3 fully saturated rings. The van der Waals surface area contributed by atoms with Gasteiger partial charge in [0.2, 0.25) is 0 Å². The third-order valence-corrected chi connectivity index (χ3v) is 9.18. The highest BCUT2D eigenvalue weighted by Crippen LogP contribution is 2.39. The van der Waals surface area contributed by atoms with Gasteiger partial charge < -0.3 is 34.3 Å². The van der Waals surface area contributed by atoms with Crippen LogP contribution in [0.1, 0.15) is 53.9 Å². The molecule has 3 aliphatic heterocycles. The lowest BCUT2D eigenvalue weighted by Crippen LogP contribution is -2.48. The molecular formula is C34H37Cl3N2O6. The number of hydrogen-bond donors (Lipinski definition) is 2. The van der Waals surface area contributed by atoms with Gasteiger partial charge in [0.15, 0.2) is 12.1 Å². The van der Waals surface area contributed by atoms with Crippen molar-refractivity contribution in [3.63, 3.8) is 0 Å². The second kappa shape index (κ2) is 14.3. The summed E-state index contributed by atoms with van der Waals surface area (Å²) >= 11 is 17.0. The number of alkyl halides is 3. The Hall–Kier alpha value is -2.24. The van der Waals surface area contributed by atoms with E-state index in [0.29, 0.717) is 13.2 Å². The van der Waals surface area contributed by atoms with E-state index in [1.807, 2.05) is 72.8 Å². The van der Waals surface area contributed by atoms with Crippen molar-refractivity contribution in [1.82, 2.24) is 10.2 Å². The molecule has 240 valence electrons. The van der Waals surface area contributed by atoms with Crippen molar-refractivity contribution >= 4 is 40.7 Å². The Labute approximate surface area is 278 Å². The fourth-order valence-electron chi connectivity index (χ4n) is 6.16. The van der Waals surface area contributed by atoms with E-state index in [1.165, 1.54) is 0 Å². The number of likely N-dealkylation sites (tertiary alicyclic amines) is 1. The molecule has 3 atom stereocenters. The summed E-state index contributed by atoms with van der Waals surface area (Å²) in [5.74, 6) is -1.08. The Morgan fingerprint density at radius 1 is 0.889 bits per heavy atom. The molecule has 45 heavy (non-hydrogen) atoms. The van der Waals surface area contributed by atoms with E-state index in [9.17, 15) is 9.90 Å². The highest BCUT2D eigenvalue weighted by molar-refractivity contribution is 6.76. The van der Waals surface area contributed by atoms with E-state index in [0.717, 1.165) is 72.3 Å². The normalized spacial score (nSPS) is 23.7. The predicted octanol–water partition coefficient (Wildman–Crippen LogP) is 6.22. The van der Waals surface area contributed by atoms with E-state index >= 15 is 0 Å². The largest absolute Gasteiger partial charge is 0.392 e. The molecule has 1 spiro atoms. The molecule has 8 nitrogen and oxygen atoms in total. The van der Waals surface area contributed by atoms with Crippen molar-refractivity contribution < 1.29 is 28.8 Å². The molecule has 0 radical (unpaired) electrons. The van der Waals surface area contributed by atoms with Crippen LogP contribution in [-0.2, 0) is 36.9 Å². The quantitative estimate of drug-likeness (QED) is 0.274. The summed E-state index contributed by atoms with van der Waals surface area (Å²) in [6.45, 7) is 4.16. The van der Waals surface area contributed by atoms with E-state index in [4.69, 9.17) is 53.8 Å². The number of hydrogen-bond acceptors (Lipinski definition) is 7. The fourth-order valence-corrected chi connectivity index (χ4v) is 6.36. The number of nitrogens with zero attached hydrogens (tertiary/aromatic N) is 1. The average molecular weight is 676 g/mol. The number of rotatable bonds is 8. The molecule has 0 unspecified atom stereocenters. The second-order valence-corrected chi connectivity index (χ2v) is 14.0. The van der Waals surface area contributed by atoms with Crippen molar-refractivity contribution in [1.29, 1.82) is 0 Å². The zero-order valence-corrected chi connectivity index (χ0v) is 27.1. The van der Waals surface area contributed by atoms with Gasteiger partial charge in [-0.05, 0) is 33.9 Å². The van der Waals surface area contributed by atoms with Gasteiger partial charge in [-0.2, -0.15) is 0 Å². The maximum Gasteiger partial charge on any atom is 0.272 e. The monoisotopic (exact) mass is 674 g/mol. The first-order chi connectivity index (χ1) is 21.7. The molecule has 0 saturated carbocycles. The highest BCUT2D eigenvalue weighted by Gasteiger charge is 2.41. The van der Waals surface area contributed by atoms with Crippen LogP contribution >= 0.6 is 34.8 Å².